The van der Waals surface area contributed by atoms with E-state index >= 15 is 0 Å². The lowest BCUT2D eigenvalue weighted by Crippen LogP contribution is -2.35. The maximum Gasteiger partial charge on any atom is 0.260 e. The van der Waals surface area contributed by atoms with Crippen LogP contribution in [0.2, 0.25) is 0 Å². The van der Waals surface area contributed by atoms with Crippen LogP contribution in [0.4, 0.5) is 5.69 Å². The van der Waals surface area contributed by atoms with E-state index in [1.165, 1.54) is 32.1 Å². The van der Waals surface area contributed by atoms with Crippen molar-refractivity contribution in [1.29, 1.82) is 0 Å². The topological polar surface area (TPSA) is 55.6 Å². The fourth-order valence-electron chi connectivity index (χ4n) is 2.72. The molecule has 0 saturated heterocycles. The third kappa shape index (κ3) is 4.15. The van der Waals surface area contributed by atoms with Gasteiger partial charge in [0.15, 0.2) is 6.61 Å². The summed E-state index contributed by atoms with van der Waals surface area (Å²) in [6.45, 7) is 0.893. The van der Waals surface area contributed by atoms with Gasteiger partial charge in [-0.2, -0.15) is 0 Å². The first kappa shape index (κ1) is 14.7. The van der Waals surface area contributed by atoms with Crippen LogP contribution in [0.3, 0.4) is 0 Å². The van der Waals surface area contributed by atoms with E-state index in [1.807, 2.05) is 19.2 Å². The monoisotopic (exact) mass is 276 g/mol. The van der Waals surface area contributed by atoms with Gasteiger partial charge in [-0.1, -0.05) is 31.4 Å². The van der Waals surface area contributed by atoms with E-state index in [0.29, 0.717) is 17.4 Å². The van der Waals surface area contributed by atoms with Gasteiger partial charge >= 0.3 is 0 Å². The Morgan fingerprint density at radius 1 is 1.30 bits per heavy atom. The molecular formula is C16H24N2O2. The Hall–Kier alpha value is -1.71. The van der Waals surface area contributed by atoms with Crippen molar-refractivity contribution in [1.82, 2.24) is 4.90 Å². The number of likely N-dealkylation sites (N-methyl/N-ethyl adjacent to an activating group) is 1. The number of nitrogen functional groups attached to an aromatic ring is 1. The molecule has 0 atom stereocenters. The van der Waals surface area contributed by atoms with Crippen LogP contribution in [0, 0.1) is 5.92 Å². The van der Waals surface area contributed by atoms with Gasteiger partial charge in [-0.25, -0.2) is 0 Å². The Labute approximate surface area is 120 Å². The summed E-state index contributed by atoms with van der Waals surface area (Å²) in [7, 11) is 1.86. The molecule has 1 saturated carbocycles. The molecule has 2 rings (SSSR count). The zero-order chi connectivity index (χ0) is 14.4. The van der Waals surface area contributed by atoms with Crippen molar-refractivity contribution in [2.24, 2.45) is 5.92 Å². The van der Waals surface area contributed by atoms with Gasteiger partial charge in [0, 0.05) is 13.6 Å². The van der Waals surface area contributed by atoms with Crippen molar-refractivity contribution in [2.45, 2.75) is 32.1 Å². The molecule has 1 amide bonds. The summed E-state index contributed by atoms with van der Waals surface area (Å²) in [4.78, 5) is 13.8. The number of nitrogens with two attached hydrogens (primary N) is 1. The summed E-state index contributed by atoms with van der Waals surface area (Å²) in [5.41, 5.74) is 6.35. The maximum atomic E-state index is 12.1. The van der Waals surface area contributed by atoms with Crippen molar-refractivity contribution in [3.8, 4) is 5.75 Å². The standard InChI is InChI=1S/C16H24N2O2/c1-18(11-13-7-3-2-4-8-13)16(19)12-20-15-10-6-5-9-14(15)17/h5-6,9-10,13H,2-4,7-8,11-12,17H2,1H3. The van der Waals surface area contributed by atoms with Crippen LogP contribution in [0.1, 0.15) is 32.1 Å². The van der Waals surface area contributed by atoms with E-state index < -0.39 is 0 Å². The number of carbonyl (C=O) groups is 1. The van der Waals surface area contributed by atoms with Crippen molar-refractivity contribution in [2.75, 3.05) is 25.9 Å². The maximum absolute atomic E-state index is 12.1. The predicted molar refractivity (Wildman–Crippen MR) is 80.6 cm³/mol. The summed E-state index contributed by atoms with van der Waals surface area (Å²) < 4.78 is 5.49. The Bertz CT molecular complexity index is 442. The lowest BCUT2D eigenvalue weighted by molar-refractivity contribution is -0.132. The van der Waals surface area contributed by atoms with Gasteiger partial charge in [0.25, 0.3) is 5.91 Å². The summed E-state index contributed by atoms with van der Waals surface area (Å²) in [5, 5.41) is 0. The molecule has 1 fully saturated rings. The molecule has 1 aromatic rings. The molecular weight excluding hydrogens is 252 g/mol. The predicted octanol–water partition coefficient (Wildman–Crippen LogP) is 2.69. The van der Waals surface area contributed by atoms with Crippen LogP contribution in [0.5, 0.6) is 5.75 Å². The molecule has 0 bridgehead atoms. The number of ether oxygens (including phenoxy) is 1. The molecule has 2 N–H and O–H groups in total. The molecule has 1 aliphatic carbocycles. The molecule has 1 aliphatic rings. The molecule has 0 unspecified atom stereocenters. The molecule has 0 aromatic heterocycles. The fourth-order valence-corrected chi connectivity index (χ4v) is 2.72. The molecule has 0 spiro atoms. The lowest BCUT2D eigenvalue weighted by atomic mass is 9.89. The van der Waals surface area contributed by atoms with E-state index in [0.717, 1.165) is 6.54 Å². The average Bonchev–Trinajstić information content (AvgIpc) is 2.47. The summed E-state index contributed by atoms with van der Waals surface area (Å²) in [6, 6.07) is 7.25. The highest BCUT2D eigenvalue weighted by Crippen LogP contribution is 2.24. The largest absolute Gasteiger partial charge is 0.482 e. The van der Waals surface area contributed by atoms with Gasteiger partial charge in [-0.15, -0.1) is 0 Å². The first-order valence-electron chi connectivity index (χ1n) is 7.38. The molecule has 110 valence electrons. The number of para-hydroxylation sites is 2. The number of amides is 1. The Kier molecular flexibility index (Phi) is 5.27. The minimum atomic E-state index is 0.0128. The van der Waals surface area contributed by atoms with E-state index in [9.17, 15) is 4.79 Å². The molecule has 0 aliphatic heterocycles. The van der Waals surface area contributed by atoms with Crippen molar-refractivity contribution < 1.29 is 9.53 Å². The number of anilines is 1. The number of carbonyl (C=O) groups excluding carboxylic acids is 1. The SMILES string of the molecule is CN(CC1CCCCC1)C(=O)COc1ccccc1N. The Morgan fingerprint density at radius 3 is 2.70 bits per heavy atom. The second-order valence-electron chi connectivity index (χ2n) is 5.60. The minimum absolute atomic E-state index is 0.0128. The fraction of sp³-hybridized carbons (Fsp3) is 0.562. The van der Waals surface area contributed by atoms with Crippen LogP contribution in [0.15, 0.2) is 24.3 Å². The quantitative estimate of drug-likeness (QED) is 0.841. The van der Waals surface area contributed by atoms with Crippen LogP contribution < -0.4 is 10.5 Å². The number of hydrogen-bond acceptors (Lipinski definition) is 3. The smallest absolute Gasteiger partial charge is 0.260 e. The first-order valence-corrected chi connectivity index (χ1v) is 7.38. The van der Waals surface area contributed by atoms with Crippen molar-refractivity contribution in [3.05, 3.63) is 24.3 Å². The number of benzene rings is 1. The Balaban J connectivity index is 1.77. The van der Waals surface area contributed by atoms with Gasteiger partial charge in [-0.3, -0.25) is 4.79 Å². The van der Waals surface area contributed by atoms with Crippen LogP contribution in [-0.2, 0) is 4.79 Å². The lowest BCUT2D eigenvalue weighted by Gasteiger charge is -2.27. The van der Waals surface area contributed by atoms with E-state index in [-0.39, 0.29) is 12.5 Å². The number of hydrogen-bond donors (Lipinski definition) is 1. The number of nitrogens with zero attached hydrogens (tertiary/aromatic N) is 1. The second kappa shape index (κ2) is 7.17. The van der Waals surface area contributed by atoms with E-state index in [4.69, 9.17) is 10.5 Å². The van der Waals surface area contributed by atoms with Crippen LogP contribution in [0.25, 0.3) is 0 Å². The molecule has 4 heteroatoms. The highest BCUT2D eigenvalue weighted by molar-refractivity contribution is 5.77. The highest BCUT2D eigenvalue weighted by Gasteiger charge is 2.18. The third-order valence-electron chi connectivity index (χ3n) is 3.95. The number of rotatable bonds is 5. The zero-order valence-corrected chi connectivity index (χ0v) is 12.2. The zero-order valence-electron chi connectivity index (χ0n) is 12.2. The van der Waals surface area contributed by atoms with Gasteiger partial charge in [0.05, 0.1) is 5.69 Å². The van der Waals surface area contributed by atoms with Crippen LogP contribution >= 0.6 is 0 Å². The van der Waals surface area contributed by atoms with Crippen LogP contribution in [-0.4, -0.2) is 31.0 Å². The summed E-state index contributed by atoms with van der Waals surface area (Å²) >= 11 is 0. The van der Waals surface area contributed by atoms with Gasteiger partial charge < -0.3 is 15.4 Å². The Morgan fingerprint density at radius 2 is 2.00 bits per heavy atom. The molecule has 0 heterocycles. The minimum Gasteiger partial charge on any atom is -0.482 e. The van der Waals surface area contributed by atoms with Gasteiger partial charge in [0.2, 0.25) is 0 Å². The molecule has 4 nitrogen and oxygen atoms in total. The molecule has 20 heavy (non-hydrogen) atoms. The van der Waals surface area contributed by atoms with E-state index in [1.54, 1.807) is 17.0 Å². The van der Waals surface area contributed by atoms with Crippen molar-refractivity contribution >= 4 is 11.6 Å². The second-order valence-corrected chi connectivity index (χ2v) is 5.60. The van der Waals surface area contributed by atoms with E-state index in [2.05, 4.69) is 0 Å². The summed E-state index contributed by atoms with van der Waals surface area (Å²) in [5.74, 6) is 1.24. The van der Waals surface area contributed by atoms with Gasteiger partial charge in [-0.05, 0) is 30.9 Å². The average molecular weight is 276 g/mol. The van der Waals surface area contributed by atoms with Crippen molar-refractivity contribution in [3.63, 3.8) is 0 Å². The highest BCUT2D eigenvalue weighted by atomic mass is 16.5. The molecule has 0 radical (unpaired) electrons. The normalized spacial score (nSPS) is 15.8. The third-order valence-corrected chi connectivity index (χ3v) is 3.95. The molecule has 1 aromatic carbocycles. The first-order chi connectivity index (χ1) is 9.66. The van der Waals surface area contributed by atoms with Gasteiger partial charge in [0.1, 0.15) is 5.75 Å². The summed E-state index contributed by atoms with van der Waals surface area (Å²) in [6.07, 6.45) is 6.41.